The van der Waals surface area contributed by atoms with Gasteiger partial charge in [0.15, 0.2) is 9.84 Å². The summed E-state index contributed by atoms with van der Waals surface area (Å²) >= 11 is 0. The van der Waals surface area contributed by atoms with Crippen molar-refractivity contribution in [2.75, 3.05) is 24.7 Å². The summed E-state index contributed by atoms with van der Waals surface area (Å²) in [5.74, 6) is -0.204. The van der Waals surface area contributed by atoms with E-state index in [1.807, 2.05) is 13.0 Å². The molecule has 2 saturated heterocycles. The van der Waals surface area contributed by atoms with Crippen molar-refractivity contribution in [2.45, 2.75) is 45.3 Å². The number of sulfone groups is 1. The molecule has 0 aromatic carbocycles. The molecule has 0 saturated carbocycles. The first kappa shape index (κ1) is 19.6. The van der Waals surface area contributed by atoms with Gasteiger partial charge in [-0.15, -0.1) is 0 Å². The third kappa shape index (κ3) is 4.39. The molecule has 3 rings (SSSR count). The van der Waals surface area contributed by atoms with E-state index in [1.54, 1.807) is 11.6 Å². The molecular formula is C18H24N4O4S. The van der Waals surface area contributed by atoms with Crippen molar-refractivity contribution in [2.24, 2.45) is 0 Å². The van der Waals surface area contributed by atoms with Gasteiger partial charge in [-0.25, -0.2) is 8.42 Å². The zero-order valence-corrected chi connectivity index (χ0v) is 16.4. The second-order valence-corrected chi connectivity index (χ2v) is 9.33. The fraction of sp³-hybridized carbons (Fsp3) is 0.611. The Labute approximate surface area is 159 Å². The van der Waals surface area contributed by atoms with Gasteiger partial charge in [0.1, 0.15) is 11.6 Å². The average molecular weight is 392 g/mol. The number of ether oxygens (including phenoxy) is 1. The van der Waals surface area contributed by atoms with Crippen LogP contribution in [0.1, 0.15) is 42.3 Å². The Morgan fingerprint density at radius 3 is 2.81 bits per heavy atom. The van der Waals surface area contributed by atoms with Gasteiger partial charge < -0.3 is 10.1 Å². The summed E-state index contributed by atoms with van der Waals surface area (Å²) in [6.45, 7) is 4.71. The molecule has 0 radical (unpaired) electrons. The van der Waals surface area contributed by atoms with Crippen molar-refractivity contribution >= 4 is 21.8 Å². The lowest BCUT2D eigenvalue weighted by molar-refractivity contribution is -0.117. The molecule has 27 heavy (non-hydrogen) atoms. The Bertz CT molecular complexity index is 905. The number of carbonyl (C=O) groups is 1. The summed E-state index contributed by atoms with van der Waals surface area (Å²) in [6, 6.07) is 1.75. The number of nitriles is 1. The van der Waals surface area contributed by atoms with Gasteiger partial charge in [-0.3, -0.25) is 9.48 Å². The Hall–Kier alpha value is -2.18. The van der Waals surface area contributed by atoms with Gasteiger partial charge in [-0.2, -0.15) is 10.4 Å². The van der Waals surface area contributed by atoms with Crippen molar-refractivity contribution in [3.05, 3.63) is 22.5 Å². The predicted molar refractivity (Wildman–Crippen MR) is 99.6 cm³/mol. The monoisotopic (exact) mass is 392 g/mol. The normalized spacial score (nSPS) is 24.7. The van der Waals surface area contributed by atoms with Gasteiger partial charge in [-0.05, 0) is 39.2 Å². The number of hydrogen-bond donors (Lipinski definition) is 1. The van der Waals surface area contributed by atoms with Crippen LogP contribution in [0.4, 0.5) is 0 Å². The highest BCUT2D eigenvalue weighted by Crippen LogP contribution is 2.27. The highest BCUT2D eigenvalue weighted by Gasteiger charge is 2.31. The third-order valence-corrected chi connectivity index (χ3v) is 6.85. The second kappa shape index (κ2) is 7.82. The minimum Gasteiger partial charge on any atom is -0.376 e. The third-order valence-electron chi connectivity index (χ3n) is 5.10. The van der Waals surface area contributed by atoms with Gasteiger partial charge in [0.05, 0.1) is 29.3 Å². The molecule has 9 heteroatoms. The smallest absolute Gasteiger partial charge is 0.262 e. The topological polar surface area (TPSA) is 114 Å². The highest BCUT2D eigenvalue weighted by molar-refractivity contribution is 7.91. The maximum absolute atomic E-state index is 12.3. The zero-order chi connectivity index (χ0) is 19.6. The lowest BCUT2D eigenvalue weighted by Crippen LogP contribution is -2.32. The van der Waals surface area contributed by atoms with Crippen molar-refractivity contribution in [3.63, 3.8) is 0 Å². The number of aryl methyl sites for hydroxylation is 1. The molecule has 2 aliphatic rings. The first-order valence-electron chi connectivity index (χ1n) is 9.08. The van der Waals surface area contributed by atoms with E-state index in [-0.39, 0.29) is 29.2 Å². The summed E-state index contributed by atoms with van der Waals surface area (Å²) in [5.41, 5.74) is 2.10. The van der Waals surface area contributed by atoms with Gasteiger partial charge in [-0.1, -0.05) is 0 Å². The number of rotatable bonds is 5. The van der Waals surface area contributed by atoms with Crippen LogP contribution in [0.15, 0.2) is 5.57 Å². The van der Waals surface area contributed by atoms with E-state index in [0.29, 0.717) is 30.8 Å². The summed E-state index contributed by atoms with van der Waals surface area (Å²) in [5, 5.41) is 16.6. The Balaban J connectivity index is 1.78. The van der Waals surface area contributed by atoms with Crippen LogP contribution in [0, 0.1) is 25.2 Å². The van der Waals surface area contributed by atoms with Crippen LogP contribution in [-0.2, 0) is 19.4 Å². The Morgan fingerprint density at radius 1 is 1.44 bits per heavy atom. The Kier molecular flexibility index (Phi) is 5.67. The van der Waals surface area contributed by atoms with Gasteiger partial charge in [0.25, 0.3) is 5.91 Å². The van der Waals surface area contributed by atoms with E-state index in [9.17, 15) is 18.5 Å². The molecule has 146 valence electrons. The molecule has 8 nitrogen and oxygen atoms in total. The fourth-order valence-electron chi connectivity index (χ4n) is 3.61. The maximum Gasteiger partial charge on any atom is 0.262 e. The number of nitrogens with zero attached hydrogens (tertiary/aromatic N) is 3. The van der Waals surface area contributed by atoms with Crippen LogP contribution >= 0.6 is 0 Å². The van der Waals surface area contributed by atoms with Crippen LogP contribution in [0.25, 0.3) is 6.08 Å². The summed E-state index contributed by atoms with van der Waals surface area (Å²) in [6.07, 6.45) is 3.95. The predicted octanol–water partition coefficient (Wildman–Crippen LogP) is 1.06. The summed E-state index contributed by atoms with van der Waals surface area (Å²) in [7, 11) is -3.03. The molecule has 1 aromatic rings. The lowest BCUT2D eigenvalue weighted by atomic mass is 10.1. The number of carbonyl (C=O) groups excluding carboxylic acids is 1. The van der Waals surface area contributed by atoms with E-state index >= 15 is 0 Å². The van der Waals surface area contributed by atoms with Crippen LogP contribution in [-0.4, -0.2) is 54.9 Å². The fourth-order valence-corrected chi connectivity index (χ4v) is 5.30. The van der Waals surface area contributed by atoms with Gasteiger partial charge >= 0.3 is 0 Å². The van der Waals surface area contributed by atoms with Crippen molar-refractivity contribution < 1.29 is 17.9 Å². The van der Waals surface area contributed by atoms with Crippen molar-refractivity contribution in [1.82, 2.24) is 15.1 Å². The van der Waals surface area contributed by atoms with E-state index in [2.05, 4.69) is 10.4 Å². The molecule has 3 heterocycles. The summed E-state index contributed by atoms with van der Waals surface area (Å²) < 4.78 is 30.7. The number of hydrogen-bond acceptors (Lipinski definition) is 6. The van der Waals surface area contributed by atoms with E-state index < -0.39 is 15.7 Å². The molecule has 0 unspecified atom stereocenters. The number of aromatic nitrogens is 2. The molecule has 0 bridgehead atoms. The van der Waals surface area contributed by atoms with Crippen LogP contribution < -0.4 is 5.32 Å². The molecule has 2 fully saturated rings. The molecule has 1 aromatic heterocycles. The highest BCUT2D eigenvalue weighted by atomic mass is 32.2. The van der Waals surface area contributed by atoms with E-state index in [1.165, 1.54) is 6.08 Å². The second-order valence-electron chi connectivity index (χ2n) is 7.10. The largest absolute Gasteiger partial charge is 0.376 e. The maximum atomic E-state index is 12.3. The average Bonchev–Trinajstić information content (AvgIpc) is 3.32. The molecule has 0 spiro atoms. The minimum absolute atomic E-state index is 0.00205. The first-order chi connectivity index (χ1) is 12.8. The van der Waals surface area contributed by atoms with Crippen molar-refractivity contribution in [1.29, 1.82) is 5.26 Å². The summed E-state index contributed by atoms with van der Waals surface area (Å²) in [4.78, 5) is 12.3. The Morgan fingerprint density at radius 2 is 2.22 bits per heavy atom. The number of nitrogens with one attached hydrogen (secondary N) is 1. The zero-order valence-electron chi connectivity index (χ0n) is 15.6. The molecule has 1 amide bonds. The van der Waals surface area contributed by atoms with Crippen LogP contribution in [0.5, 0.6) is 0 Å². The van der Waals surface area contributed by atoms with Crippen LogP contribution in [0.3, 0.4) is 0 Å². The molecular weight excluding hydrogens is 368 g/mol. The van der Waals surface area contributed by atoms with Gasteiger partial charge in [0.2, 0.25) is 0 Å². The standard InChI is InChI=1S/C18H24N4O4S/c1-12-17(13(2)22(21-12)15-5-7-27(24,25)11-15)8-14(9-19)18(23)20-10-16-4-3-6-26-16/h8,15-16H,3-7,10-11H2,1-2H3,(H,20,23)/b14-8+/t15-,16+/m1/s1. The lowest BCUT2D eigenvalue weighted by Gasteiger charge is -2.11. The minimum atomic E-state index is -3.03. The SMILES string of the molecule is Cc1nn([C@@H]2CCS(=O)(=O)C2)c(C)c1/C=C(\C#N)C(=O)NC[C@@H]1CCCO1. The van der Waals surface area contributed by atoms with Gasteiger partial charge in [0, 0.05) is 24.4 Å². The van der Waals surface area contributed by atoms with E-state index in [0.717, 1.165) is 18.5 Å². The first-order valence-corrected chi connectivity index (χ1v) is 10.9. The molecule has 2 atom stereocenters. The quantitative estimate of drug-likeness (QED) is 0.592. The molecule has 1 N–H and O–H groups in total. The van der Waals surface area contributed by atoms with E-state index in [4.69, 9.17) is 4.74 Å². The molecule has 2 aliphatic heterocycles. The van der Waals surface area contributed by atoms with Crippen molar-refractivity contribution in [3.8, 4) is 6.07 Å². The molecule has 0 aliphatic carbocycles. The number of amides is 1. The van der Waals surface area contributed by atoms with Crippen LogP contribution in [0.2, 0.25) is 0 Å².